The molecule has 17 heavy (non-hydrogen) atoms. The van der Waals surface area contributed by atoms with Crippen molar-refractivity contribution in [3.63, 3.8) is 0 Å². The first-order chi connectivity index (χ1) is 8.19. The Bertz CT molecular complexity index is 418. The Labute approximate surface area is 110 Å². The minimum absolute atomic E-state index is 0.160. The second-order valence-corrected chi connectivity index (χ2v) is 6.37. The lowest BCUT2D eigenvalue weighted by Gasteiger charge is -2.53. The van der Waals surface area contributed by atoms with E-state index in [4.69, 9.17) is 0 Å². The van der Waals surface area contributed by atoms with Crippen LogP contribution in [-0.2, 0) is 0 Å². The molecule has 0 aromatic heterocycles. The third-order valence-corrected chi connectivity index (χ3v) is 4.88. The molecule has 0 N–H and O–H groups in total. The summed E-state index contributed by atoms with van der Waals surface area (Å²) in [5, 5.41) is 0. The zero-order valence-electron chi connectivity index (χ0n) is 9.88. The van der Waals surface area contributed by atoms with Crippen LogP contribution in [0.2, 0.25) is 0 Å². The third kappa shape index (κ3) is 2.10. The Kier molecular flexibility index (Phi) is 2.89. The summed E-state index contributed by atoms with van der Waals surface area (Å²) in [5.74, 6) is -0.160. The monoisotopic (exact) mass is 297 g/mol. The molecule has 1 aliphatic carbocycles. The van der Waals surface area contributed by atoms with Gasteiger partial charge in [0.25, 0.3) is 0 Å². The van der Waals surface area contributed by atoms with Gasteiger partial charge in [0.15, 0.2) is 0 Å². The number of benzene rings is 1. The summed E-state index contributed by atoms with van der Waals surface area (Å²) >= 11 is 3.19. The molecule has 3 heteroatoms. The summed E-state index contributed by atoms with van der Waals surface area (Å²) in [4.78, 5) is 2.31. The first kappa shape index (κ1) is 11.5. The lowest BCUT2D eigenvalue weighted by Crippen LogP contribution is -2.57. The summed E-state index contributed by atoms with van der Waals surface area (Å²) in [5.41, 5.74) is 1.59. The van der Waals surface area contributed by atoms with Gasteiger partial charge in [-0.05, 0) is 47.0 Å². The molecule has 0 atom stereocenters. The number of rotatable bonds is 1. The normalized spacial score (nSPS) is 22.6. The highest BCUT2D eigenvalue weighted by Gasteiger charge is 2.43. The number of nitrogens with zero attached hydrogens (tertiary/aromatic N) is 1. The second kappa shape index (κ2) is 4.27. The van der Waals surface area contributed by atoms with Crippen molar-refractivity contribution in [3.05, 3.63) is 28.5 Å². The van der Waals surface area contributed by atoms with Crippen molar-refractivity contribution in [3.8, 4) is 0 Å². The molecule has 1 saturated carbocycles. The minimum atomic E-state index is -0.160. The van der Waals surface area contributed by atoms with Crippen LogP contribution in [0, 0.1) is 11.2 Å². The molecule has 1 saturated heterocycles. The highest BCUT2D eigenvalue weighted by molar-refractivity contribution is 9.10. The van der Waals surface area contributed by atoms with Crippen LogP contribution in [0.1, 0.15) is 32.1 Å². The van der Waals surface area contributed by atoms with Gasteiger partial charge in [-0.2, -0.15) is 0 Å². The highest BCUT2D eigenvalue weighted by Crippen LogP contribution is 2.45. The minimum Gasteiger partial charge on any atom is -0.370 e. The zero-order valence-corrected chi connectivity index (χ0v) is 11.5. The van der Waals surface area contributed by atoms with Crippen LogP contribution in [0.4, 0.5) is 10.1 Å². The first-order valence-corrected chi connectivity index (χ1v) is 7.18. The van der Waals surface area contributed by atoms with Crippen molar-refractivity contribution in [1.29, 1.82) is 0 Å². The molecule has 2 aliphatic rings. The van der Waals surface area contributed by atoms with Gasteiger partial charge >= 0.3 is 0 Å². The third-order valence-electron chi connectivity index (χ3n) is 4.24. The molecular formula is C14H17BrFN. The molecule has 1 aromatic rings. The van der Waals surface area contributed by atoms with Gasteiger partial charge in [-0.25, -0.2) is 4.39 Å². The van der Waals surface area contributed by atoms with E-state index in [9.17, 15) is 4.39 Å². The standard InChI is InChI=1S/C14H17BrFN/c15-12-5-4-11(8-13(12)16)17-9-14(10-17)6-2-1-3-7-14/h4-5,8H,1-3,6-7,9-10H2. The average Bonchev–Trinajstić information content (AvgIpc) is 2.31. The van der Waals surface area contributed by atoms with Gasteiger partial charge in [-0.1, -0.05) is 19.3 Å². The Balaban J connectivity index is 1.70. The van der Waals surface area contributed by atoms with Crippen molar-refractivity contribution in [2.45, 2.75) is 32.1 Å². The predicted octanol–water partition coefficient (Wildman–Crippen LogP) is 4.36. The molecule has 1 aliphatic heterocycles. The Morgan fingerprint density at radius 2 is 1.82 bits per heavy atom. The van der Waals surface area contributed by atoms with Crippen molar-refractivity contribution < 1.29 is 4.39 Å². The number of hydrogen-bond donors (Lipinski definition) is 0. The van der Waals surface area contributed by atoms with Gasteiger partial charge in [-0.3, -0.25) is 0 Å². The van der Waals surface area contributed by atoms with E-state index in [1.807, 2.05) is 6.07 Å². The van der Waals surface area contributed by atoms with Gasteiger partial charge in [-0.15, -0.1) is 0 Å². The molecule has 0 unspecified atom stereocenters. The summed E-state index contributed by atoms with van der Waals surface area (Å²) in [6.07, 6.45) is 6.88. The van der Waals surface area contributed by atoms with Gasteiger partial charge in [0, 0.05) is 24.2 Å². The largest absolute Gasteiger partial charge is 0.370 e. The topological polar surface area (TPSA) is 3.24 Å². The van der Waals surface area contributed by atoms with Crippen LogP contribution in [0.15, 0.2) is 22.7 Å². The van der Waals surface area contributed by atoms with Crippen LogP contribution >= 0.6 is 15.9 Å². The smallest absolute Gasteiger partial charge is 0.139 e. The van der Waals surface area contributed by atoms with Crippen molar-refractivity contribution in [2.24, 2.45) is 5.41 Å². The maximum Gasteiger partial charge on any atom is 0.139 e. The van der Waals surface area contributed by atoms with Crippen LogP contribution in [-0.4, -0.2) is 13.1 Å². The van der Waals surface area contributed by atoms with Crippen LogP contribution in [0.3, 0.4) is 0 Å². The van der Waals surface area contributed by atoms with E-state index in [0.717, 1.165) is 18.8 Å². The van der Waals surface area contributed by atoms with Gasteiger partial charge in [0.1, 0.15) is 5.82 Å². The fourth-order valence-electron chi connectivity index (χ4n) is 3.25. The van der Waals surface area contributed by atoms with Gasteiger partial charge < -0.3 is 4.90 Å². The van der Waals surface area contributed by atoms with E-state index >= 15 is 0 Å². The molecule has 2 fully saturated rings. The lowest BCUT2D eigenvalue weighted by molar-refractivity contribution is 0.139. The number of anilines is 1. The average molecular weight is 298 g/mol. The summed E-state index contributed by atoms with van der Waals surface area (Å²) in [6, 6.07) is 5.44. The maximum absolute atomic E-state index is 13.5. The fraction of sp³-hybridized carbons (Fsp3) is 0.571. The molecule has 0 amide bonds. The molecule has 0 bridgehead atoms. The number of halogens is 2. The molecule has 3 rings (SSSR count). The van der Waals surface area contributed by atoms with Crippen molar-refractivity contribution in [2.75, 3.05) is 18.0 Å². The van der Waals surface area contributed by atoms with Crippen molar-refractivity contribution >= 4 is 21.6 Å². The Morgan fingerprint density at radius 1 is 1.12 bits per heavy atom. The highest BCUT2D eigenvalue weighted by atomic mass is 79.9. The molecular weight excluding hydrogens is 281 g/mol. The van der Waals surface area contributed by atoms with Crippen LogP contribution in [0.5, 0.6) is 0 Å². The second-order valence-electron chi connectivity index (χ2n) is 5.52. The fourth-order valence-corrected chi connectivity index (χ4v) is 3.49. The molecule has 0 radical (unpaired) electrons. The van der Waals surface area contributed by atoms with Gasteiger partial charge in [0.2, 0.25) is 0 Å². The SMILES string of the molecule is Fc1cc(N2CC3(CCCCC3)C2)ccc1Br. The summed E-state index contributed by atoms with van der Waals surface area (Å²) < 4.78 is 14.0. The molecule has 1 heterocycles. The van der Waals surface area contributed by atoms with Gasteiger partial charge in [0.05, 0.1) is 4.47 Å². The number of hydrogen-bond acceptors (Lipinski definition) is 1. The molecule has 1 aromatic carbocycles. The maximum atomic E-state index is 13.5. The quantitative estimate of drug-likeness (QED) is 0.744. The van der Waals surface area contributed by atoms with E-state index in [-0.39, 0.29) is 5.82 Å². The van der Waals surface area contributed by atoms with E-state index in [0.29, 0.717) is 9.89 Å². The van der Waals surface area contributed by atoms with Crippen molar-refractivity contribution in [1.82, 2.24) is 0 Å². The molecule has 1 nitrogen and oxygen atoms in total. The molecule has 1 spiro atoms. The Hall–Kier alpha value is -0.570. The molecule has 92 valence electrons. The Morgan fingerprint density at radius 3 is 2.47 bits per heavy atom. The van der Waals surface area contributed by atoms with Crippen LogP contribution in [0.25, 0.3) is 0 Å². The van der Waals surface area contributed by atoms with E-state index < -0.39 is 0 Å². The summed E-state index contributed by atoms with van der Waals surface area (Å²) in [6.45, 7) is 2.24. The summed E-state index contributed by atoms with van der Waals surface area (Å²) in [7, 11) is 0. The van der Waals surface area contributed by atoms with E-state index in [1.54, 1.807) is 12.1 Å². The van der Waals surface area contributed by atoms with E-state index in [1.165, 1.54) is 32.1 Å². The first-order valence-electron chi connectivity index (χ1n) is 6.39. The lowest BCUT2D eigenvalue weighted by atomic mass is 9.68. The van der Waals surface area contributed by atoms with E-state index in [2.05, 4.69) is 20.8 Å². The van der Waals surface area contributed by atoms with Crippen LogP contribution < -0.4 is 4.90 Å². The zero-order chi connectivity index (χ0) is 11.9. The predicted molar refractivity (Wildman–Crippen MR) is 71.8 cm³/mol.